The molecule has 15 atom stereocenters. The predicted octanol–water partition coefficient (Wildman–Crippen LogP) is 2.08. The molecule has 1 spiro atoms. The van der Waals surface area contributed by atoms with E-state index in [4.69, 9.17) is 33.2 Å². The molecule has 7 fully saturated rings. The molecule has 12 heteroatoms. The van der Waals surface area contributed by atoms with Gasteiger partial charge in [0.2, 0.25) is 0 Å². The van der Waals surface area contributed by atoms with E-state index in [0.29, 0.717) is 38.5 Å². The summed E-state index contributed by atoms with van der Waals surface area (Å²) in [7, 11) is 0. The van der Waals surface area contributed by atoms with Crippen molar-refractivity contribution in [1.82, 2.24) is 0 Å². The van der Waals surface area contributed by atoms with Gasteiger partial charge in [-0.3, -0.25) is 0 Å². The Labute approximate surface area is 276 Å². The lowest BCUT2D eigenvalue weighted by Crippen LogP contribution is -2.78. The van der Waals surface area contributed by atoms with Crippen molar-refractivity contribution in [2.45, 2.75) is 158 Å². The Balaban J connectivity index is 1.12. The maximum Gasteiger partial charge on any atom is 0.331 e. The van der Waals surface area contributed by atoms with Crippen molar-refractivity contribution in [3.8, 4) is 0 Å². The van der Waals surface area contributed by atoms with Gasteiger partial charge in [0, 0.05) is 30.3 Å². The van der Waals surface area contributed by atoms with Gasteiger partial charge >= 0.3 is 5.97 Å². The van der Waals surface area contributed by atoms with E-state index in [1.54, 1.807) is 26.8 Å². The second kappa shape index (κ2) is 10.4. The number of carbonyl (C=O) groups is 1. The Morgan fingerprint density at radius 1 is 0.936 bits per heavy atom. The molecule has 3 unspecified atom stereocenters. The van der Waals surface area contributed by atoms with E-state index in [0.717, 1.165) is 5.57 Å². The number of aliphatic hydroxyl groups is 4. The number of hydrogen-bond donors (Lipinski definition) is 4. The van der Waals surface area contributed by atoms with Crippen LogP contribution in [0.2, 0.25) is 0 Å². The van der Waals surface area contributed by atoms with Crippen LogP contribution in [0.15, 0.2) is 11.6 Å². The van der Waals surface area contributed by atoms with E-state index in [1.165, 1.54) is 0 Å². The number of ether oxygens (including phenoxy) is 7. The molecule has 47 heavy (non-hydrogen) atoms. The van der Waals surface area contributed by atoms with Crippen molar-refractivity contribution < 1.29 is 58.4 Å². The Morgan fingerprint density at radius 3 is 2.40 bits per heavy atom. The van der Waals surface area contributed by atoms with Crippen LogP contribution in [0.1, 0.15) is 86.5 Å². The monoisotopic (exact) mass is 664 g/mol. The summed E-state index contributed by atoms with van der Waals surface area (Å²) in [6, 6.07) is 0. The van der Waals surface area contributed by atoms with Crippen molar-refractivity contribution in [2.24, 2.45) is 28.6 Å². The number of hydrogen-bond acceptors (Lipinski definition) is 12. The van der Waals surface area contributed by atoms with Crippen molar-refractivity contribution >= 4 is 5.97 Å². The van der Waals surface area contributed by atoms with Crippen molar-refractivity contribution in [3.05, 3.63) is 11.6 Å². The van der Waals surface area contributed by atoms with E-state index in [9.17, 15) is 25.2 Å². The molecule has 0 aromatic rings. The van der Waals surface area contributed by atoms with E-state index in [1.807, 2.05) is 13.8 Å². The molecular weight excluding hydrogens is 612 g/mol. The maximum absolute atomic E-state index is 12.9. The molecule has 4 aliphatic carbocycles. The largest absolute Gasteiger partial charge is 0.458 e. The van der Waals surface area contributed by atoms with Gasteiger partial charge in [-0.25, -0.2) is 4.79 Å². The molecule has 0 aromatic carbocycles. The first-order valence-electron chi connectivity index (χ1n) is 17.6. The van der Waals surface area contributed by atoms with Gasteiger partial charge in [0.15, 0.2) is 17.9 Å². The fourth-order valence-corrected chi connectivity index (χ4v) is 11.8. The highest BCUT2D eigenvalue weighted by molar-refractivity contribution is 5.85. The van der Waals surface area contributed by atoms with Crippen molar-refractivity contribution in [2.75, 3.05) is 13.2 Å². The zero-order valence-electron chi connectivity index (χ0n) is 28.3. The van der Waals surface area contributed by atoms with Crippen LogP contribution in [0.5, 0.6) is 0 Å². The summed E-state index contributed by atoms with van der Waals surface area (Å²) < 4.78 is 43.3. The molecular formula is C35H52O12. The molecule has 0 aromatic heterocycles. The Bertz CT molecular complexity index is 1330. The summed E-state index contributed by atoms with van der Waals surface area (Å²) in [4.78, 5) is 12.0. The Kier molecular flexibility index (Phi) is 7.32. The molecule has 264 valence electrons. The first-order valence-corrected chi connectivity index (χ1v) is 17.6. The Hall–Kier alpha value is -1.19. The average Bonchev–Trinajstić information content (AvgIpc) is 3.62. The van der Waals surface area contributed by atoms with E-state index in [2.05, 4.69) is 6.92 Å². The smallest absolute Gasteiger partial charge is 0.331 e. The van der Waals surface area contributed by atoms with Crippen LogP contribution in [0.4, 0.5) is 0 Å². The second-order valence-electron chi connectivity index (χ2n) is 17.0. The normalized spacial score (nSPS) is 56.0. The van der Waals surface area contributed by atoms with E-state index < -0.39 is 88.5 Å². The zero-order chi connectivity index (χ0) is 33.5. The highest BCUT2D eigenvalue weighted by atomic mass is 16.8. The minimum Gasteiger partial charge on any atom is -0.458 e. The third-order valence-corrected chi connectivity index (χ3v) is 13.8. The number of esters is 1. The van der Waals surface area contributed by atoms with Crippen molar-refractivity contribution in [1.29, 1.82) is 0 Å². The topological polar surface area (TPSA) is 163 Å². The van der Waals surface area contributed by atoms with Gasteiger partial charge in [0.25, 0.3) is 0 Å². The molecule has 0 bridgehead atoms. The van der Waals surface area contributed by atoms with Gasteiger partial charge in [-0.2, -0.15) is 0 Å². The predicted molar refractivity (Wildman–Crippen MR) is 162 cm³/mol. The molecule has 0 amide bonds. The summed E-state index contributed by atoms with van der Waals surface area (Å²) in [5.41, 5.74) is -3.23. The number of fused-ring (bicyclic) bond motifs is 4. The number of aliphatic hydroxyl groups excluding tert-OH is 2. The van der Waals surface area contributed by atoms with E-state index >= 15 is 0 Å². The summed E-state index contributed by atoms with van der Waals surface area (Å²) in [5.74, 6) is -3.10. The average molecular weight is 665 g/mol. The van der Waals surface area contributed by atoms with Crippen LogP contribution in [-0.4, -0.2) is 111 Å². The quantitative estimate of drug-likeness (QED) is 0.257. The number of cyclic esters (lactones) is 1. The molecule has 4 N–H and O–H groups in total. The fraction of sp³-hybridized carbons (Fsp3) is 0.914. The number of rotatable bonds is 3. The molecule has 0 radical (unpaired) electrons. The van der Waals surface area contributed by atoms with Gasteiger partial charge in [-0.1, -0.05) is 6.92 Å². The van der Waals surface area contributed by atoms with Crippen LogP contribution in [0.25, 0.3) is 0 Å². The summed E-state index contributed by atoms with van der Waals surface area (Å²) in [5, 5.41) is 48.7. The highest BCUT2D eigenvalue weighted by Gasteiger charge is 2.77. The van der Waals surface area contributed by atoms with Gasteiger partial charge in [-0.15, -0.1) is 0 Å². The minimum absolute atomic E-state index is 0.0856. The van der Waals surface area contributed by atoms with Crippen LogP contribution in [-0.2, 0) is 38.0 Å². The molecule has 8 rings (SSSR count). The van der Waals surface area contributed by atoms with Crippen molar-refractivity contribution in [3.63, 3.8) is 0 Å². The summed E-state index contributed by atoms with van der Waals surface area (Å²) in [6.45, 7) is 11.5. The van der Waals surface area contributed by atoms with Gasteiger partial charge < -0.3 is 53.6 Å². The first kappa shape index (κ1) is 33.0. The van der Waals surface area contributed by atoms with Crippen LogP contribution >= 0.6 is 0 Å². The molecule has 3 saturated heterocycles. The first-order chi connectivity index (χ1) is 21.9. The third-order valence-electron chi connectivity index (χ3n) is 13.8. The Morgan fingerprint density at radius 2 is 1.68 bits per heavy atom. The van der Waals surface area contributed by atoms with Gasteiger partial charge in [-0.05, 0) is 84.1 Å². The van der Waals surface area contributed by atoms with Gasteiger partial charge in [0.05, 0.1) is 47.6 Å². The lowest BCUT2D eigenvalue weighted by molar-refractivity contribution is -0.407. The molecule has 12 nitrogen and oxygen atoms in total. The molecule has 8 aliphatic rings. The maximum atomic E-state index is 12.9. The lowest BCUT2D eigenvalue weighted by Gasteiger charge is -2.71. The number of carbonyl (C=O) groups excluding carboxylic acids is 1. The van der Waals surface area contributed by atoms with Crippen LogP contribution in [0, 0.1) is 28.6 Å². The second-order valence-corrected chi connectivity index (χ2v) is 17.0. The van der Waals surface area contributed by atoms with E-state index in [-0.39, 0.29) is 37.4 Å². The standard InChI is InChI=1S/C35H52O12/c1-17-26(38)27-28(47-31(4,5)46-27)29(43-17)44-19-12-23-34(16-42-30(2,3)45-23)25-21(7-9-33(34,39)13-19)35(40)10-8-20(18-11-24(37)41-15-18)32(35,6)14-22(25)36/h11,17,19-23,25-29,36,38-40H,7-10,12-16H2,1-6H3/t17-,19-,20+,21?,22?,23+,25?,26-,27+,28+,29-,32+,33-,34+,35-/m0/s1. The molecule has 4 aliphatic heterocycles. The molecule has 4 heterocycles. The lowest BCUT2D eigenvalue weighted by atomic mass is 9.40. The summed E-state index contributed by atoms with van der Waals surface area (Å²) >= 11 is 0. The fourth-order valence-electron chi connectivity index (χ4n) is 11.8. The van der Waals surface area contributed by atoms with Crippen LogP contribution in [0.3, 0.4) is 0 Å². The van der Waals surface area contributed by atoms with Crippen LogP contribution < -0.4 is 0 Å². The SMILES string of the molecule is C[C@@H]1O[C@@H](O[C@H]2C[C@H]3OC(C)(C)OC[C@]34C3C(O)C[C@]5(C)[C@@H](C6=CC(=O)OC6)CC[C@]5(O)C3CC[C@]4(O)C2)[C@@H]2OC(C)(C)O[C@@H]2[C@H]1O. The third kappa shape index (κ3) is 4.59. The summed E-state index contributed by atoms with van der Waals surface area (Å²) in [6.07, 6.45) is -0.750. The minimum atomic E-state index is -1.33. The van der Waals surface area contributed by atoms with Gasteiger partial charge in [0.1, 0.15) is 24.9 Å². The molecule has 4 saturated carbocycles. The highest BCUT2D eigenvalue weighted by Crippen LogP contribution is 2.72. The zero-order valence-corrected chi connectivity index (χ0v) is 28.3.